The number of anilines is 1. The average molecular weight is 337 g/mol. The molecule has 1 aromatic heterocycles. The van der Waals surface area contributed by atoms with Crippen LogP contribution in [0.2, 0.25) is 0 Å². The van der Waals surface area contributed by atoms with Crippen LogP contribution in [-0.2, 0) is 16.1 Å². The summed E-state index contributed by atoms with van der Waals surface area (Å²) >= 11 is 0. The molecule has 1 amide bonds. The molecule has 0 saturated heterocycles. The van der Waals surface area contributed by atoms with Gasteiger partial charge in [0.25, 0.3) is 0 Å². The van der Waals surface area contributed by atoms with Gasteiger partial charge in [0.05, 0.1) is 23.2 Å². The highest BCUT2D eigenvalue weighted by Crippen LogP contribution is 2.16. The second-order valence-electron chi connectivity index (χ2n) is 5.58. The monoisotopic (exact) mass is 337 g/mol. The van der Waals surface area contributed by atoms with Crippen molar-refractivity contribution in [3.63, 3.8) is 0 Å². The standard InChI is InChI=1S/C19H19N3O3/c1-3-25-19(24)14-8-10-15(11-9-14)21-18(23)12-22-13(2)20-16-6-4-5-7-17(16)22/h4-11H,3,12H2,1-2H3,(H,21,23). The quantitative estimate of drug-likeness (QED) is 0.726. The summed E-state index contributed by atoms with van der Waals surface area (Å²) in [6.07, 6.45) is 0. The number of hydrogen-bond donors (Lipinski definition) is 1. The van der Waals surface area contributed by atoms with Crippen molar-refractivity contribution in [1.29, 1.82) is 0 Å². The van der Waals surface area contributed by atoms with Crippen molar-refractivity contribution in [1.82, 2.24) is 9.55 Å². The second-order valence-corrected chi connectivity index (χ2v) is 5.58. The van der Waals surface area contributed by atoms with Gasteiger partial charge in [-0.3, -0.25) is 4.79 Å². The molecule has 0 saturated carbocycles. The Hall–Kier alpha value is -3.15. The van der Waals surface area contributed by atoms with E-state index in [4.69, 9.17) is 4.74 Å². The van der Waals surface area contributed by atoms with Crippen LogP contribution < -0.4 is 5.32 Å². The van der Waals surface area contributed by atoms with Crippen molar-refractivity contribution in [2.45, 2.75) is 20.4 Å². The third kappa shape index (κ3) is 3.68. The van der Waals surface area contributed by atoms with Crippen LogP contribution >= 0.6 is 0 Å². The van der Waals surface area contributed by atoms with Gasteiger partial charge in [0, 0.05) is 5.69 Å². The molecule has 0 atom stereocenters. The van der Waals surface area contributed by atoms with Gasteiger partial charge in [0.15, 0.2) is 0 Å². The number of carbonyl (C=O) groups is 2. The number of ether oxygens (including phenoxy) is 1. The highest BCUT2D eigenvalue weighted by molar-refractivity contribution is 5.93. The molecule has 25 heavy (non-hydrogen) atoms. The first kappa shape index (κ1) is 16.7. The summed E-state index contributed by atoms with van der Waals surface area (Å²) in [5, 5.41) is 2.83. The number of hydrogen-bond acceptors (Lipinski definition) is 4. The second kappa shape index (κ2) is 7.17. The molecule has 0 spiro atoms. The highest BCUT2D eigenvalue weighted by atomic mass is 16.5. The summed E-state index contributed by atoms with van der Waals surface area (Å²) in [5.41, 5.74) is 2.87. The summed E-state index contributed by atoms with van der Waals surface area (Å²) in [6, 6.07) is 14.3. The number of esters is 1. The maximum atomic E-state index is 12.3. The maximum Gasteiger partial charge on any atom is 0.338 e. The molecule has 2 aromatic carbocycles. The number of nitrogens with zero attached hydrogens (tertiary/aromatic N) is 2. The molecule has 3 rings (SSSR count). The van der Waals surface area contributed by atoms with Crippen LogP contribution in [-0.4, -0.2) is 28.0 Å². The van der Waals surface area contributed by atoms with E-state index in [0.29, 0.717) is 17.9 Å². The zero-order chi connectivity index (χ0) is 17.8. The van der Waals surface area contributed by atoms with E-state index in [-0.39, 0.29) is 18.4 Å². The first-order chi connectivity index (χ1) is 12.1. The SMILES string of the molecule is CCOC(=O)c1ccc(NC(=O)Cn2c(C)nc3ccccc32)cc1. The van der Waals surface area contributed by atoms with Crippen molar-refractivity contribution >= 4 is 28.6 Å². The van der Waals surface area contributed by atoms with Gasteiger partial charge in [-0.1, -0.05) is 12.1 Å². The molecule has 0 unspecified atom stereocenters. The molecule has 3 aromatic rings. The number of fused-ring (bicyclic) bond motifs is 1. The minimum atomic E-state index is -0.374. The molecule has 6 heteroatoms. The third-order valence-electron chi connectivity index (χ3n) is 3.83. The fourth-order valence-corrected chi connectivity index (χ4v) is 2.64. The van der Waals surface area contributed by atoms with Crippen molar-refractivity contribution in [3.05, 3.63) is 59.9 Å². The molecule has 0 aliphatic rings. The topological polar surface area (TPSA) is 73.2 Å². The lowest BCUT2D eigenvalue weighted by molar-refractivity contribution is -0.116. The van der Waals surface area contributed by atoms with Gasteiger partial charge < -0.3 is 14.6 Å². The molecule has 0 bridgehead atoms. The molecule has 1 N–H and O–H groups in total. The van der Waals surface area contributed by atoms with E-state index in [2.05, 4.69) is 10.3 Å². The fourth-order valence-electron chi connectivity index (χ4n) is 2.64. The number of nitrogens with one attached hydrogen (secondary N) is 1. The number of aromatic nitrogens is 2. The Balaban J connectivity index is 1.70. The largest absolute Gasteiger partial charge is 0.462 e. The Morgan fingerprint density at radius 1 is 1.12 bits per heavy atom. The van der Waals surface area contributed by atoms with E-state index in [1.165, 1.54) is 0 Å². The molecule has 0 radical (unpaired) electrons. The van der Waals surface area contributed by atoms with Crippen LogP contribution in [0.4, 0.5) is 5.69 Å². The van der Waals surface area contributed by atoms with Crippen molar-refractivity contribution in [2.24, 2.45) is 0 Å². The third-order valence-corrected chi connectivity index (χ3v) is 3.83. The van der Waals surface area contributed by atoms with Crippen LogP contribution in [0.5, 0.6) is 0 Å². The number of rotatable bonds is 5. The van der Waals surface area contributed by atoms with Gasteiger partial charge in [-0.15, -0.1) is 0 Å². The molecule has 0 fully saturated rings. The number of imidazole rings is 1. The molecule has 1 heterocycles. The zero-order valence-corrected chi connectivity index (χ0v) is 14.2. The molecule has 0 aliphatic heterocycles. The molecule has 6 nitrogen and oxygen atoms in total. The van der Waals surface area contributed by atoms with E-state index in [1.807, 2.05) is 35.8 Å². The van der Waals surface area contributed by atoms with Crippen LogP contribution in [0, 0.1) is 6.92 Å². The smallest absolute Gasteiger partial charge is 0.338 e. The molecule has 128 valence electrons. The number of benzene rings is 2. The van der Waals surface area contributed by atoms with Crippen molar-refractivity contribution in [3.8, 4) is 0 Å². The van der Waals surface area contributed by atoms with E-state index in [0.717, 1.165) is 16.9 Å². The van der Waals surface area contributed by atoms with Crippen LogP contribution in [0.15, 0.2) is 48.5 Å². The molecular weight excluding hydrogens is 318 g/mol. The Kier molecular flexibility index (Phi) is 4.79. The number of amides is 1. The summed E-state index contributed by atoms with van der Waals surface area (Å²) in [6.45, 7) is 4.14. The Morgan fingerprint density at radius 2 is 1.84 bits per heavy atom. The average Bonchev–Trinajstić information content (AvgIpc) is 2.91. The lowest BCUT2D eigenvalue weighted by Crippen LogP contribution is -2.19. The summed E-state index contributed by atoms with van der Waals surface area (Å²) < 4.78 is 6.81. The maximum absolute atomic E-state index is 12.3. The van der Waals surface area contributed by atoms with Gasteiger partial charge in [0.2, 0.25) is 5.91 Å². The number of carbonyl (C=O) groups excluding carboxylic acids is 2. The summed E-state index contributed by atoms with van der Waals surface area (Å²) in [5.74, 6) is 0.255. The van der Waals surface area contributed by atoms with Gasteiger partial charge in [-0.2, -0.15) is 0 Å². The fraction of sp³-hybridized carbons (Fsp3) is 0.211. The highest BCUT2D eigenvalue weighted by Gasteiger charge is 2.11. The van der Waals surface area contributed by atoms with Crippen molar-refractivity contribution < 1.29 is 14.3 Å². The van der Waals surface area contributed by atoms with Crippen molar-refractivity contribution in [2.75, 3.05) is 11.9 Å². The van der Waals surface area contributed by atoms with E-state index >= 15 is 0 Å². The predicted molar refractivity (Wildman–Crippen MR) is 95.5 cm³/mol. The minimum Gasteiger partial charge on any atom is -0.462 e. The first-order valence-electron chi connectivity index (χ1n) is 8.07. The summed E-state index contributed by atoms with van der Waals surface area (Å²) in [4.78, 5) is 28.4. The van der Waals surface area contributed by atoms with Crippen LogP contribution in [0.3, 0.4) is 0 Å². The molecule has 0 aliphatic carbocycles. The van der Waals surface area contributed by atoms with Crippen LogP contribution in [0.25, 0.3) is 11.0 Å². The number of aryl methyl sites for hydroxylation is 1. The zero-order valence-electron chi connectivity index (χ0n) is 14.2. The lowest BCUT2D eigenvalue weighted by atomic mass is 10.2. The normalized spacial score (nSPS) is 10.6. The van der Waals surface area contributed by atoms with E-state index in [9.17, 15) is 9.59 Å². The van der Waals surface area contributed by atoms with Gasteiger partial charge in [0.1, 0.15) is 12.4 Å². The Bertz CT molecular complexity index is 913. The Morgan fingerprint density at radius 3 is 2.56 bits per heavy atom. The first-order valence-corrected chi connectivity index (χ1v) is 8.07. The molecular formula is C19H19N3O3. The lowest BCUT2D eigenvalue weighted by Gasteiger charge is -2.09. The van der Waals surface area contributed by atoms with Gasteiger partial charge >= 0.3 is 5.97 Å². The van der Waals surface area contributed by atoms with Crippen LogP contribution in [0.1, 0.15) is 23.1 Å². The minimum absolute atomic E-state index is 0.157. The number of para-hydroxylation sites is 2. The van der Waals surface area contributed by atoms with Gasteiger partial charge in [-0.25, -0.2) is 9.78 Å². The van der Waals surface area contributed by atoms with E-state index in [1.54, 1.807) is 31.2 Å². The van der Waals surface area contributed by atoms with E-state index < -0.39 is 0 Å². The summed E-state index contributed by atoms with van der Waals surface area (Å²) in [7, 11) is 0. The Labute approximate surface area is 145 Å². The van der Waals surface area contributed by atoms with Gasteiger partial charge in [-0.05, 0) is 50.2 Å². The predicted octanol–water partition coefficient (Wildman–Crippen LogP) is 3.16.